The number of para-hydroxylation sites is 1. The van der Waals surface area contributed by atoms with Gasteiger partial charge in [-0.3, -0.25) is 4.79 Å². The van der Waals surface area contributed by atoms with Crippen LogP contribution in [0.4, 0.5) is 0 Å². The molecule has 1 aromatic heterocycles. The number of methoxy groups -OCH3 is 1. The van der Waals surface area contributed by atoms with Crippen LogP contribution < -0.4 is 4.74 Å². The second kappa shape index (κ2) is 7.56. The Labute approximate surface area is 149 Å². The standard InChI is InChI=1S/C22H25NO2/c1-4-5-8-16(2)23-15-20(19-9-6-7-10-21(19)23)22(24)17-11-13-18(25-3)14-12-17/h6-7,9-16H,4-5,8H2,1-3H3. The molecule has 0 saturated heterocycles. The molecule has 0 aliphatic carbocycles. The Morgan fingerprint density at radius 1 is 1.12 bits per heavy atom. The molecule has 0 amide bonds. The predicted molar refractivity (Wildman–Crippen MR) is 103 cm³/mol. The SMILES string of the molecule is CCCCC(C)n1cc(C(=O)c2ccc(OC)cc2)c2ccccc21. The van der Waals surface area contributed by atoms with Crippen LogP contribution in [0.3, 0.4) is 0 Å². The van der Waals surface area contributed by atoms with Crippen LogP contribution in [0.2, 0.25) is 0 Å². The van der Waals surface area contributed by atoms with Gasteiger partial charge in [-0.25, -0.2) is 0 Å². The molecule has 0 spiro atoms. The summed E-state index contributed by atoms with van der Waals surface area (Å²) in [5.41, 5.74) is 2.58. The van der Waals surface area contributed by atoms with Crippen LogP contribution in [0.5, 0.6) is 5.75 Å². The van der Waals surface area contributed by atoms with E-state index in [-0.39, 0.29) is 5.78 Å². The van der Waals surface area contributed by atoms with E-state index in [4.69, 9.17) is 4.74 Å². The van der Waals surface area contributed by atoms with Gasteiger partial charge in [-0.2, -0.15) is 0 Å². The van der Waals surface area contributed by atoms with Gasteiger partial charge in [-0.15, -0.1) is 0 Å². The zero-order valence-electron chi connectivity index (χ0n) is 15.2. The van der Waals surface area contributed by atoms with E-state index in [2.05, 4.69) is 24.5 Å². The summed E-state index contributed by atoms with van der Waals surface area (Å²) in [6.45, 7) is 4.43. The van der Waals surface area contributed by atoms with Crippen molar-refractivity contribution in [2.75, 3.05) is 7.11 Å². The van der Waals surface area contributed by atoms with Crippen LogP contribution in [-0.2, 0) is 0 Å². The van der Waals surface area contributed by atoms with Gasteiger partial charge in [0, 0.05) is 34.3 Å². The lowest BCUT2D eigenvalue weighted by atomic mass is 10.0. The maximum Gasteiger partial charge on any atom is 0.195 e. The molecule has 0 bridgehead atoms. The number of ketones is 1. The van der Waals surface area contributed by atoms with E-state index in [9.17, 15) is 4.79 Å². The molecule has 0 saturated carbocycles. The second-order valence-electron chi connectivity index (χ2n) is 6.52. The zero-order valence-corrected chi connectivity index (χ0v) is 15.2. The number of unbranched alkanes of at least 4 members (excludes halogenated alkanes) is 1. The zero-order chi connectivity index (χ0) is 17.8. The van der Waals surface area contributed by atoms with E-state index >= 15 is 0 Å². The lowest BCUT2D eigenvalue weighted by molar-refractivity contribution is 0.104. The molecule has 130 valence electrons. The molecule has 0 aliphatic rings. The monoisotopic (exact) mass is 335 g/mol. The Morgan fingerprint density at radius 2 is 1.84 bits per heavy atom. The van der Waals surface area contributed by atoms with E-state index in [0.29, 0.717) is 11.6 Å². The topological polar surface area (TPSA) is 31.2 Å². The van der Waals surface area contributed by atoms with Gasteiger partial charge in [0.2, 0.25) is 0 Å². The predicted octanol–water partition coefficient (Wildman–Crippen LogP) is 5.63. The molecule has 3 nitrogen and oxygen atoms in total. The molecule has 3 aromatic rings. The lowest BCUT2D eigenvalue weighted by Gasteiger charge is -2.14. The van der Waals surface area contributed by atoms with E-state index < -0.39 is 0 Å². The summed E-state index contributed by atoms with van der Waals surface area (Å²) in [6.07, 6.45) is 5.51. The molecule has 1 heterocycles. The minimum atomic E-state index is 0.0558. The third-order valence-corrected chi connectivity index (χ3v) is 4.79. The van der Waals surface area contributed by atoms with Gasteiger partial charge in [-0.05, 0) is 43.7 Å². The molecule has 3 rings (SSSR count). The molecule has 2 aromatic carbocycles. The average Bonchev–Trinajstić information content (AvgIpc) is 3.05. The number of benzene rings is 2. The van der Waals surface area contributed by atoms with Crippen LogP contribution in [-0.4, -0.2) is 17.5 Å². The van der Waals surface area contributed by atoms with Crippen LogP contribution >= 0.6 is 0 Å². The Hall–Kier alpha value is -2.55. The second-order valence-corrected chi connectivity index (χ2v) is 6.52. The van der Waals surface area contributed by atoms with Crippen molar-refractivity contribution in [2.24, 2.45) is 0 Å². The number of carbonyl (C=O) groups is 1. The van der Waals surface area contributed by atoms with Gasteiger partial charge in [0.05, 0.1) is 7.11 Å². The van der Waals surface area contributed by atoms with Crippen LogP contribution in [0.25, 0.3) is 10.9 Å². The summed E-state index contributed by atoms with van der Waals surface area (Å²) in [5.74, 6) is 0.812. The first-order chi connectivity index (χ1) is 12.2. The summed E-state index contributed by atoms with van der Waals surface area (Å²) in [6, 6.07) is 15.9. The van der Waals surface area contributed by atoms with Gasteiger partial charge in [-0.1, -0.05) is 38.0 Å². The van der Waals surface area contributed by atoms with Gasteiger partial charge in [0.1, 0.15) is 5.75 Å². The molecule has 0 fully saturated rings. The van der Waals surface area contributed by atoms with Crippen molar-refractivity contribution in [1.82, 2.24) is 4.57 Å². The smallest absolute Gasteiger partial charge is 0.195 e. The highest BCUT2D eigenvalue weighted by molar-refractivity contribution is 6.16. The number of hydrogen-bond donors (Lipinski definition) is 0. The van der Waals surface area contributed by atoms with Crippen LogP contribution in [0.15, 0.2) is 54.7 Å². The van der Waals surface area contributed by atoms with Gasteiger partial charge in [0.15, 0.2) is 5.78 Å². The third kappa shape index (κ3) is 3.46. The fraction of sp³-hybridized carbons (Fsp3) is 0.318. The number of nitrogens with zero attached hydrogens (tertiary/aromatic N) is 1. The van der Waals surface area contributed by atoms with E-state index in [1.807, 2.05) is 48.7 Å². The summed E-state index contributed by atoms with van der Waals surface area (Å²) in [7, 11) is 1.63. The third-order valence-electron chi connectivity index (χ3n) is 4.79. The van der Waals surface area contributed by atoms with Crippen molar-refractivity contribution < 1.29 is 9.53 Å². The Balaban J connectivity index is 2.02. The van der Waals surface area contributed by atoms with E-state index in [1.165, 1.54) is 12.8 Å². The Bertz CT molecular complexity index is 861. The fourth-order valence-corrected chi connectivity index (χ4v) is 3.29. The Morgan fingerprint density at radius 3 is 2.52 bits per heavy atom. The molecule has 0 aliphatic heterocycles. The minimum Gasteiger partial charge on any atom is -0.497 e. The maximum absolute atomic E-state index is 13.1. The molecular formula is C22H25NO2. The van der Waals surface area contributed by atoms with Crippen LogP contribution in [0.1, 0.15) is 55.1 Å². The summed E-state index contributed by atoms with van der Waals surface area (Å²) in [5, 5.41) is 1.02. The van der Waals surface area contributed by atoms with E-state index in [0.717, 1.165) is 28.6 Å². The number of aromatic nitrogens is 1. The molecule has 1 atom stereocenters. The van der Waals surface area contributed by atoms with Crippen molar-refractivity contribution in [2.45, 2.75) is 39.2 Å². The highest BCUT2D eigenvalue weighted by Gasteiger charge is 2.18. The first-order valence-corrected chi connectivity index (χ1v) is 8.94. The normalized spacial score (nSPS) is 12.3. The highest BCUT2D eigenvalue weighted by Crippen LogP contribution is 2.29. The van der Waals surface area contributed by atoms with Crippen molar-refractivity contribution in [3.63, 3.8) is 0 Å². The first-order valence-electron chi connectivity index (χ1n) is 8.94. The Kier molecular flexibility index (Phi) is 5.22. The highest BCUT2D eigenvalue weighted by atomic mass is 16.5. The fourth-order valence-electron chi connectivity index (χ4n) is 3.29. The first kappa shape index (κ1) is 17.3. The molecule has 3 heteroatoms. The van der Waals surface area contributed by atoms with E-state index in [1.54, 1.807) is 7.11 Å². The number of fused-ring (bicyclic) bond motifs is 1. The summed E-state index contributed by atoms with van der Waals surface area (Å²) in [4.78, 5) is 13.1. The van der Waals surface area contributed by atoms with Crippen LogP contribution in [0, 0.1) is 0 Å². The van der Waals surface area contributed by atoms with Crippen molar-refractivity contribution >= 4 is 16.7 Å². The summed E-state index contributed by atoms with van der Waals surface area (Å²) >= 11 is 0. The average molecular weight is 335 g/mol. The number of ether oxygens (including phenoxy) is 1. The largest absolute Gasteiger partial charge is 0.497 e. The van der Waals surface area contributed by atoms with Gasteiger partial charge >= 0.3 is 0 Å². The maximum atomic E-state index is 13.1. The van der Waals surface area contributed by atoms with Crippen molar-refractivity contribution in [1.29, 1.82) is 0 Å². The van der Waals surface area contributed by atoms with Crippen molar-refractivity contribution in [3.05, 3.63) is 65.9 Å². The summed E-state index contributed by atoms with van der Waals surface area (Å²) < 4.78 is 7.43. The van der Waals surface area contributed by atoms with Gasteiger partial charge in [0.25, 0.3) is 0 Å². The molecular weight excluding hydrogens is 310 g/mol. The van der Waals surface area contributed by atoms with Gasteiger partial charge < -0.3 is 9.30 Å². The quantitative estimate of drug-likeness (QED) is 0.524. The molecule has 25 heavy (non-hydrogen) atoms. The molecule has 0 N–H and O–H groups in total. The van der Waals surface area contributed by atoms with Crippen molar-refractivity contribution in [3.8, 4) is 5.75 Å². The molecule has 1 unspecified atom stereocenters. The lowest BCUT2D eigenvalue weighted by Crippen LogP contribution is -2.04. The number of carbonyl (C=O) groups excluding carboxylic acids is 1. The minimum absolute atomic E-state index is 0.0558. The number of hydrogen-bond acceptors (Lipinski definition) is 2. The molecule has 0 radical (unpaired) electrons. The number of rotatable bonds is 7.